The zero-order chi connectivity index (χ0) is 22.2. The van der Waals surface area contributed by atoms with Crippen LogP contribution in [0.5, 0.6) is 5.88 Å². The molecule has 0 bridgehead atoms. The van der Waals surface area contributed by atoms with Gasteiger partial charge in [-0.2, -0.15) is 13.2 Å². The number of aromatic nitrogens is 1. The minimum absolute atomic E-state index is 0.0880. The van der Waals surface area contributed by atoms with Crippen molar-refractivity contribution in [1.82, 2.24) is 4.98 Å². The zero-order valence-electron chi connectivity index (χ0n) is 16.2. The van der Waals surface area contributed by atoms with Crippen LogP contribution in [0.1, 0.15) is 29.0 Å². The van der Waals surface area contributed by atoms with E-state index in [0.29, 0.717) is 47.8 Å². The molecule has 0 unspecified atom stereocenters. The van der Waals surface area contributed by atoms with Crippen LogP contribution in [-0.2, 0) is 6.42 Å². The molecule has 1 aromatic carbocycles. The number of hydrogen-bond acceptors (Lipinski definition) is 5. The Hall–Kier alpha value is -2.94. The quantitative estimate of drug-likeness (QED) is 0.561. The van der Waals surface area contributed by atoms with Gasteiger partial charge in [-0.3, -0.25) is 0 Å². The van der Waals surface area contributed by atoms with E-state index in [-0.39, 0.29) is 17.4 Å². The third kappa shape index (κ3) is 4.87. The van der Waals surface area contributed by atoms with Gasteiger partial charge < -0.3 is 19.2 Å². The number of alkyl halides is 3. The summed E-state index contributed by atoms with van der Waals surface area (Å²) >= 11 is 6.50. The van der Waals surface area contributed by atoms with E-state index in [0.717, 1.165) is 5.69 Å². The topological polar surface area (TPSA) is 75.8 Å². The fourth-order valence-corrected chi connectivity index (χ4v) is 3.95. The maximum Gasteiger partial charge on any atom is 0.393 e. The van der Waals surface area contributed by atoms with Gasteiger partial charge in [0.2, 0.25) is 11.6 Å². The summed E-state index contributed by atoms with van der Waals surface area (Å²) in [6.07, 6.45) is -2.88. The number of hydrogen-bond donors (Lipinski definition) is 1. The minimum Gasteiger partial charge on any atom is -0.475 e. The van der Waals surface area contributed by atoms with Gasteiger partial charge in [0.25, 0.3) is 0 Å². The molecule has 1 aliphatic heterocycles. The van der Waals surface area contributed by atoms with Gasteiger partial charge in [-0.15, -0.1) is 0 Å². The van der Waals surface area contributed by atoms with Crippen molar-refractivity contribution in [3.63, 3.8) is 0 Å². The molecule has 0 saturated carbocycles. The molecular formula is C21H18ClF3N2O4. The van der Waals surface area contributed by atoms with Crippen LogP contribution in [-0.4, -0.2) is 41.4 Å². The highest BCUT2D eigenvalue weighted by Crippen LogP contribution is 2.36. The molecule has 1 aliphatic rings. The summed E-state index contributed by atoms with van der Waals surface area (Å²) in [5.74, 6) is -1.04. The Morgan fingerprint density at radius 3 is 2.61 bits per heavy atom. The van der Waals surface area contributed by atoms with Crippen molar-refractivity contribution in [1.29, 1.82) is 0 Å². The monoisotopic (exact) mass is 454 g/mol. The molecule has 0 radical (unpaired) electrons. The van der Waals surface area contributed by atoms with Crippen LogP contribution in [0.4, 0.5) is 18.9 Å². The van der Waals surface area contributed by atoms with Crippen LogP contribution in [0.15, 0.2) is 40.9 Å². The molecule has 4 rings (SSSR count). The fraction of sp³-hybridized carbons (Fsp3) is 0.333. The van der Waals surface area contributed by atoms with Gasteiger partial charge in [0, 0.05) is 49.6 Å². The van der Waals surface area contributed by atoms with Crippen molar-refractivity contribution in [3.8, 4) is 5.88 Å². The van der Waals surface area contributed by atoms with E-state index >= 15 is 0 Å². The van der Waals surface area contributed by atoms with Crippen molar-refractivity contribution >= 4 is 34.2 Å². The second-order valence-corrected chi connectivity index (χ2v) is 7.71. The Morgan fingerprint density at radius 2 is 2.00 bits per heavy atom. The molecule has 1 fully saturated rings. The summed E-state index contributed by atoms with van der Waals surface area (Å²) in [4.78, 5) is 17.2. The number of fused-ring (bicyclic) bond motifs is 1. The van der Waals surface area contributed by atoms with Gasteiger partial charge in [-0.1, -0.05) is 17.7 Å². The molecule has 3 heterocycles. The van der Waals surface area contributed by atoms with Crippen LogP contribution in [0.25, 0.3) is 11.0 Å². The van der Waals surface area contributed by atoms with Crippen LogP contribution >= 0.6 is 11.6 Å². The summed E-state index contributed by atoms with van der Waals surface area (Å²) in [6, 6.07) is 7.72. The van der Waals surface area contributed by atoms with E-state index in [2.05, 4.69) is 9.88 Å². The number of pyridine rings is 1. The molecule has 0 aliphatic carbocycles. The largest absolute Gasteiger partial charge is 0.475 e. The first-order valence-corrected chi connectivity index (χ1v) is 9.96. The van der Waals surface area contributed by atoms with E-state index in [1.807, 2.05) is 0 Å². The molecule has 1 N–H and O–H groups in total. The maximum absolute atomic E-state index is 12.4. The first-order chi connectivity index (χ1) is 14.7. The molecule has 6 nitrogen and oxygen atoms in total. The number of ether oxygens (including phenoxy) is 1. The summed E-state index contributed by atoms with van der Waals surface area (Å²) < 4.78 is 48.4. The molecule has 164 valence electrons. The maximum atomic E-state index is 12.4. The number of carboxylic acid groups (broad SMARTS) is 1. The second-order valence-electron chi connectivity index (χ2n) is 7.33. The molecule has 10 heteroatoms. The summed E-state index contributed by atoms with van der Waals surface area (Å²) in [6.45, 7) is 1.29. The Kier molecular flexibility index (Phi) is 5.70. The third-order valence-electron chi connectivity index (χ3n) is 5.10. The number of rotatable bonds is 5. The van der Waals surface area contributed by atoms with Crippen molar-refractivity contribution in [2.24, 2.45) is 0 Å². The lowest BCUT2D eigenvalue weighted by atomic mass is 10.1. The zero-order valence-corrected chi connectivity index (χ0v) is 16.9. The third-order valence-corrected chi connectivity index (χ3v) is 5.49. The highest BCUT2D eigenvalue weighted by Gasteiger charge is 2.28. The standard InChI is InChI=1S/C21H18ClF3N2O4/c22-19-14-9-17(20(28)29)31-16(14)3-2-15(19)27-7-5-13(6-8-27)30-18-4-1-12(11-26-18)10-21(23,24)25/h1-4,9,11,13H,5-8,10H2,(H,28,29). The average molecular weight is 455 g/mol. The van der Waals surface area contributed by atoms with Gasteiger partial charge in [0.15, 0.2) is 0 Å². The molecule has 31 heavy (non-hydrogen) atoms. The van der Waals surface area contributed by atoms with E-state index in [1.54, 1.807) is 12.1 Å². The number of furan rings is 1. The number of piperidine rings is 1. The molecule has 3 aromatic rings. The summed E-state index contributed by atoms with van der Waals surface area (Å²) in [7, 11) is 0. The predicted molar refractivity (Wildman–Crippen MR) is 108 cm³/mol. The van der Waals surface area contributed by atoms with Crippen LogP contribution in [0.3, 0.4) is 0 Å². The lowest BCUT2D eigenvalue weighted by molar-refractivity contribution is -0.127. The minimum atomic E-state index is -4.27. The normalized spacial score (nSPS) is 15.4. The number of nitrogens with zero attached hydrogens (tertiary/aromatic N) is 2. The predicted octanol–water partition coefficient (Wildman–Crippen LogP) is 5.33. The number of benzene rings is 1. The highest BCUT2D eigenvalue weighted by molar-refractivity contribution is 6.38. The number of halogens is 4. The first-order valence-electron chi connectivity index (χ1n) is 9.58. The smallest absolute Gasteiger partial charge is 0.393 e. The molecule has 1 saturated heterocycles. The van der Waals surface area contributed by atoms with E-state index in [9.17, 15) is 18.0 Å². The van der Waals surface area contributed by atoms with Gasteiger partial charge in [0.1, 0.15) is 11.7 Å². The fourth-order valence-electron chi connectivity index (χ4n) is 3.62. The van der Waals surface area contributed by atoms with Gasteiger partial charge in [-0.25, -0.2) is 9.78 Å². The Bertz CT molecular complexity index is 1090. The highest BCUT2D eigenvalue weighted by atomic mass is 35.5. The van der Waals surface area contributed by atoms with Crippen molar-refractivity contribution in [3.05, 3.63) is 52.9 Å². The lowest BCUT2D eigenvalue weighted by Crippen LogP contribution is -2.38. The SMILES string of the molecule is O=C(O)c1cc2c(Cl)c(N3CCC(Oc4ccc(CC(F)(F)F)cn4)CC3)ccc2o1. The van der Waals surface area contributed by atoms with Crippen LogP contribution < -0.4 is 9.64 Å². The second kappa shape index (κ2) is 8.30. The number of anilines is 1. The Balaban J connectivity index is 1.38. The van der Waals surface area contributed by atoms with E-state index in [1.165, 1.54) is 24.4 Å². The van der Waals surface area contributed by atoms with Gasteiger partial charge in [-0.05, 0) is 17.7 Å². The van der Waals surface area contributed by atoms with Gasteiger partial charge >= 0.3 is 12.1 Å². The molecule has 0 atom stereocenters. The van der Waals surface area contributed by atoms with Gasteiger partial charge in [0.05, 0.1) is 17.1 Å². The Labute approximate surface area is 180 Å². The molecule has 0 amide bonds. The first kappa shape index (κ1) is 21.3. The van der Waals surface area contributed by atoms with Crippen molar-refractivity contribution in [2.45, 2.75) is 31.5 Å². The molecule has 2 aromatic heterocycles. The molecule has 0 spiro atoms. The molecular weight excluding hydrogens is 437 g/mol. The van der Waals surface area contributed by atoms with Crippen molar-refractivity contribution in [2.75, 3.05) is 18.0 Å². The number of carboxylic acids is 1. The van der Waals surface area contributed by atoms with E-state index in [4.69, 9.17) is 25.9 Å². The summed E-state index contributed by atoms with van der Waals surface area (Å²) in [5.41, 5.74) is 1.27. The number of aromatic carboxylic acids is 1. The summed E-state index contributed by atoms with van der Waals surface area (Å²) in [5, 5.41) is 10.1. The number of carbonyl (C=O) groups is 1. The van der Waals surface area contributed by atoms with Crippen LogP contribution in [0.2, 0.25) is 5.02 Å². The van der Waals surface area contributed by atoms with Crippen molar-refractivity contribution < 1.29 is 32.2 Å². The van der Waals surface area contributed by atoms with Crippen LogP contribution in [0, 0.1) is 0 Å². The lowest BCUT2D eigenvalue weighted by Gasteiger charge is -2.34. The average Bonchev–Trinajstić information content (AvgIpc) is 3.15. The Morgan fingerprint density at radius 1 is 1.26 bits per heavy atom. The van der Waals surface area contributed by atoms with E-state index < -0.39 is 18.6 Å².